The van der Waals surface area contributed by atoms with E-state index in [1.807, 2.05) is 36.4 Å². The number of nitrogens with zero attached hydrogens (tertiary/aromatic N) is 5. The molecule has 2 heterocycles. The predicted molar refractivity (Wildman–Crippen MR) is 88.3 cm³/mol. The molecule has 5 nitrogen and oxygen atoms in total. The maximum atomic E-state index is 6.15. The summed E-state index contributed by atoms with van der Waals surface area (Å²) in [7, 11) is 0. The van der Waals surface area contributed by atoms with Crippen LogP contribution in [0.25, 0.3) is 0 Å². The highest BCUT2D eigenvalue weighted by Gasteiger charge is 2.06. The van der Waals surface area contributed by atoms with E-state index in [9.17, 15) is 0 Å². The normalized spacial score (nSPS) is 11.1. The lowest BCUT2D eigenvalue weighted by Crippen LogP contribution is -1.93. The summed E-state index contributed by atoms with van der Waals surface area (Å²) in [5.41, 5.74) is 1.97. The molecule has 0 aliphatic rings. The van der Waals surface area contributed by atoms with Crippen LogP contribution >= 0.6 is 23.4 Å². The van der Waals surface area contributed by atoms with Crippen molar-refractivity contribution in [3.05, 3.63) is 71.3 Å². The lowest BCUT2D eigenvalue weighted by atomic mass is 10.2. The molecule has 0 saturated carbocycles. The van der Waals surface area contributed by atoms with Crippen LogP contribution in [0, 0.1) is 0 Å². The Balaban J connectivity index is 1.70. The summed E-state index contributed by atoms with van der Waals surface area (Å²) in [6, 6.07) is 11.5. The van der Waals surface area contributed by atoms with Crippen LogP contribution in [-0.4, -0.2) is 26.1 Å². The number of benzene rings is 1. The monoisotopic (exact) mass is 329 g/mol. The van der Waals surface area contributed by atoms with Crippen LogP contribution in [0.1, 0.15) is 11.1 Å². The molecule has 1 aromatic carbocycles. The van der Waals surface area contributed by atoms with Crippen molar-refractivity contribution in [2.75, 3.05) is 0 Å². The molecule has 0 fully saturated rings. The number of hydrogen-bond donors (Lipinski definition) is 0. The lowest BCUT2D eigenvalue weighted by Gasteiger charge is -2.03. The predicted octanol–water partition coefficient (Wildman–Crippen LogP) is 3.50. The molecule has 110 valence electrons. The molecule has 2 aromatic heterocycles. The first-order chi connectivity index (χ1) is 10.8. The maximum absolute atomic E-state index is 6.15. The quantitative estimate of drug-likeness (QED) is 0.531. The maximum Gasteiger partial charge on any atom is 0.212 e. The standard InChI is InChI=1S/C15H12ClN5S/c16-14-6-2-1-5-13(14)10-22-15-20-18-11-21(15)19-9-12-4-3-7-17-8-12/h1-9,11H,10H2/b19-9-. The van der Waals surface area contributed by atoms with Gasteiger partial charge in [0.05, 0.1) is 6.21 Å². The summed E-state index contributed by atoms with van der Waals surface area (Å²) in [6.07, 6.45) is 6.75. The van der Waals surface area contributed by atoms with Gasteiger partial charge in [-0.2, -0.15) is 9.78 Å². The van der Waals surface area contributed by atoms with Crippen molar-refractivity contribution in [3.63, 3.8) is 0 Å². The Morgan fingerprint density at radius 1 is 1.23 bits per heavy atom. The Morgan fingerprint density at radius 3 is 2.95 bits per heavy atom. The van der Waals surface area contributed by atoms with Gasteiger partial charge in [-0.3, -0.25) is 4.98 Å². The SMILES string of the molecule is Clc1ccccc1CSc1nncn1/N=C\c1cccnc1. The van der Waals surface area contributed by atoms with Gasteiger partial charge >= 0.3 is 0 Å². The van der Waals surface area contributed by atoms with Gasteiger partial charge in [0.1, 0.15) is 6.33 Å². The molecule has 0 atom stereocenters. The zero-order valence-corrected chi connectivity index (χ0v) is 13.1. The Bertz CT molecular complexity index is 772. The molecule has 0 unspecified atom stereocenters. The minimum absolute atomic E-state index is 0.708. The van der Waals surface area contributed by atoms with E-state index in [-0.39, 0.29) is 0 Å². The highest BCUT2D eigenvalue weighted by Crippen LogP contribution is 2.25. The molecule has 22 heavy (non-hydrogen) atoms. The molecule has 3 rings (SSSR count). The van der Waals surface area contributed by atoms with Gasteiger partial charge in [-0.15, -0.1) is 10.2 Å². The first-order valence-electron chi connectivity index (χ1n) is 6.53. The molecule has 7 heteroatoms. The highest BCUT2D eigenvalue weighted by atomic mass is 35.5. The van der Waals surface area contributed by atoms with Crippen LogP contribution in [0.15, 0.2) is 65.4 Å². The van der Waals surface area contributed by atoms with Crippen molar-refractivity contribution in [1.82, 2.24) is 19.9 Å². The van der Waals surface area contributed by atoms with Gasteiger partial charge in [0.2, 0.25) is 5.16 Å². The Kier molecular flexibility index (Phi) is 4.82. The number of pyridine rings is 1. The summed E-state index contributed by atoms with van der Waals surface area (Å²) in [5.74, 6) is 0.709. The smallest absolute Gasteiger partial charge is 0.212 e. The Morgan fingerprint density at radius 2 is 2.14 bits per heavy atom. The first-order valence-corrected chi connectivity index (χ1v) is 7.90. The van der Waals surface area contributed by atoms with Gasteiger partial charge in [0.25, 0.3) is 0 Å². The molecule has 0 aliphatic heterocycles. The minimum Gasteiger partial charge on any atom is -0.264 e. The average Bonchev–Trinajstić information content (AvgIpc) is 3.01. The summed E-state index contributed by atoms with van der Waals surface area (Å²) in [6.45, 7) is 0. The topological polar surface area (TPSA) is 56.0 Å². The lowest BCUT2D eigenvalue weighted by molar-refractivity contribution is 0.767. The van der Waals surface area contributed by atoms with E-state index in [1.165, 1.54) is 11.8 Å². The summed E-state index contributed by atoms with van der Waals surface area (Å²) in [4.78, 5) is 4.04. The number of thioether (sulfide) groups is 1. The fourth-order valence-electron chi connectivity index (χ4n) is 1.73. The molecule has 0 saturated heterocycles. The summed E-state index contributed by atoms with van der Waals surface area (Å²) < 4.78 is 1.63. The van der Waals surface area contributed by atoms with Crippen molar-refractivity contribution in [1.29, 1.82) is 0 Å². The van der Waals surface area contributed by atoms with Gasteiger partial charge in [-0.25, -0.2) is 0 Å². The van der Waals surface area contributed by atoms with Crippen molar-refractivity contribution in [2.45, 2.75) is 10.9 Å². The van der Waals surface area contributed by atoms with E-state index in [0.717, 1.165) is 16.1 Å². The van der Waals surface area contributed by atoms with Gasteiger partial charge in [-0.1, -0.05) is 47.6 Å². The largest absolute Gasteiger partial charge is 0.264 e. The second-order valence-electron chi connectivity index (χ2n) is 4.37. The van der Waals surface area contributed by atoms with Crippen LogP contribution < -0.4 is 0 Å². The van der Waals surface area contributed by atoms with Crippen LogP contribution in [0.2, 0.25) is 5.02 Å². The zero-order chi connectivity index (χ0) is 15.2. The van der Waals surface area contributed by atoms with E-state index in [4.69, 9.17) is 11.6 Å². The molecule has 0 radical (unpaired) electrons. The van der Waals surface area contributed by atoms with Gasteiger partial charge in [0, 0.05) is 28.7 Å². The highest BCUT2D eigenvalue weighted by molar-refractivity contribution is 7.98. The first kappa shape index (κ1) is 14.7. The number of aromatic nitrogens is 4. The summed E-state index contributed by atoms with van der Waals surface area (Å²) >= 11 is 7.68. The van der Waals surface area contributed by atoms with Crippen LogP contribution in [-0.2, 0) is 5.75 Å². The van der Waals surface area contributed by atoms with Crippen LogP contribution in [0.5, 0.6) is 0 Å². The third-order valence-corrected chi connectivity index (χ3v) is 4.18. The molecule has 0 bridgehead atoms. The van der Waals surface area contributed by atoms with E-state index in [1.54, 1.807) is 29.6 Å². The third kappa shape index (κ3) is 3.72. The zero-order valence-electron chi connectivity index (χ0n) is 11.5. The number of rotatable bonds is 5. The summed E-state index contributed by atoms with van der Waals surface area (Å²) in [5, 5.41) is 13.8. The number of hydrogen-bond acceptors (Lipinski definition) is 5. The second-order valence-corrected chi connectivity index (χ2v) is 5.72. The van der Waals surface area contributed by atoms with E-state index in [0.29, 0.717) is 10.9 Å². The number of halogens is 1. The van der Waals surface area contributed by atoms with Crippen molar-refractivity contribution in [2.24, 2.45) is 5.10 Å². The van der Waals surface area contributed by atoms with Crippen molar-refractivity contribution >= 4 is 29.6 Å². The Hall–Kier alpha value is -2.18. The minimum atomic E-state index is 0.708. The van der Waals surface area contributed by atoms with E-state index in [2.05, 4.69) is 20.3 Å². The van der Waals surface area contributed by atoms with Gasteiger partial charge < -0.3 is 0 Å². The van der Waals surface area contributed by atoms with Gasteiger partial charge in [-0.05, 0) is 17.7 Å². The van der Waals surface area contributed by atoms with Crippen LogP contribution in [0.4, 0.5) is 0 Å². The van der Waals surface area contributed by atoms with Crippen molar-refractivity contribution < 1.29 is 0 Å². The average molecular weight is 330 g/mol. The van der Waals surface area contributed by atoms with Gasteiger partial charge in [0.15, 0.2) is 0 Å². The van der Waals surface area contributed by atoms with Crippen molar-refractivity contribution in [3.8, 4) is 0 Å². The fourth-order valence-corrected chi connectivity index (χ4v) is 2.88. The molecular weight excluding hydrogens is 318 g/mol. The van der Waals surface area contributed by atoms with Crippen LogP contribution in [0.3, 0.4) is 0 Å². The molecule has 0 N–H and O–H groups in total. The molecule has 0 spiro atoms. The van der Waals surface area contributed by atoms with E-state index >= 15 is 0 Å². The second kappa shape index (κ2) is 7.20. The Labute approximate surface area is 137 Å². The fraction of sp³-hybridized carbons (Fsp3) is 0.0667. The third-order valence-electron chi connectivity index (χ3n) is 2.83. The molecule has 0 aliphatic carbocycles. The molecule has 3 aromatic rings. The molecular formula is C15H12ClN5S. The molecule has 0 amide bonds. The van der Waals surface area contributed by atoms with E-state index < -0.39 is 0 Å².